The summed E-state index contributed by atoms with van der Waals surface area (Å²) in [6.45, 7) is 4.13. The Labute approximate surface area is 131 Å². The Kier molecular flexibility index (Phi) is 6.15. The molecule has 1 aromatic carbocycles. The molecule has 5 heteroatoms. The molecule has 1 aliphatic rings. The van der Waals surface area contributed by atoms with Crippen LogP contribution in [0.25, 0.3) is 0 Å². The number of carbonyl (C=O) groups is 1. The topological polar surface area (TPSA) is 43.8 Å². The van der Waals surface area contributed by atoms with Gasteiger partial charge in [0.15, 0.2) is 0 Å². The maximum absolute atomic E-state index is 10.7. The van der Waals surface area contributed by atoms with E-state index in [4.69, 9.17) is 5.11 Å². The van der Waals surface area contributed by atoms with Gasteiger partial charge in [0, 0.05) is 31.9 Å². The maximum atomic E-state index is 10.7. The van der Waals surface area contributed by atoms with Gasteiger partial charge in [-0.15, -0.1) is 0 Å². The second-order valence-corrected chi connectivity index (χ2v) is 4.53. The molecule has 0 amide bonds. The van der Waals surface area contributed by atoms with E-state index in [1.54, 1.807) is 0 Å². The number of rotatable bonds is 3. The number of carboxylic acid groups (broad SMARTS) is 1. The Balaban J connectivity index is 0.00000162. The first kappa shape index (κ1) is 15.5. The Hall–Kier alpha value is -0.550. The molecule has 1 heterocycles. The van der Waals surface area contributed by atoms with Crippen LogP contribution in [0.5, 0.6) is 0 Å². The third kappa shape index (κ3) is 4.28. The second kappa shape index (κ2) is 7.14. The third-order valence-electron chi connectivity index (χ3n) is 3.13. The number of aliphatic carboxylic acids is 1. The minimum Gasteiger partial charge on any atom is -1.00 e. The second-order valence-electron chi connectivity index (χ2n) is 4.53. The summed E-state index contributed by atoms with van der Waals surface area (Å²) in [5.74, 6) is -0.777. The molecule has 4 nitrogen and oxygen atoms in total. The molecule has 0 radical (unpaired) electrons. The van der Waals surface area contributed by atoms with E-state index in [0.717, 1.165) is 37.4 Å². The molecule has 0 bridgehead atoms. The number of carboxylic acids is 1. The van der Waals surface area contributed by atoms with Crippen LogP contribution in [-0.2, 0) is 11.2 Å². The molecule has 1 N–H and O–H groups in total. The zero-order valence-corrected chi connectivity index (χ0v) is 13.1. The summed E-state index contributed by atoms with van der Waals surface area (Å²) in [5.41, 5.74) is 2.01. The van der Waals surface area contributed by atoms with Gasteiger partial charge < -0.3 is 16.3 Å². The summed E-state index contributed by atoms with van der Waals surface area (Å²) in [5, 5.41) is 8.78. The van der Waals surface area contributed by atoms with Crippen LogP contribution in [0.2, 0.25) is 0 Å². The van der Waals surface area contributed by atoms with E-state index < -0.39 is 5.97 Å². The van der Waals surface area contributed by atoms with Crippen LogP contribution >= 0.6 is 0 Å². The molecule has 0 saturated carbocycles. The number of hydrogen-bond donors (Lipinski definition) is 1. The van der Waals surface area contributed by atoms with Gasteiger partial charge in [-0.05, 0) is 24.7 Å². The minimum absolute atomic E-state index is 0. The SMILES string of the molecule is CN1CCN(c2cccc(CC(=O)O)c2)CC1.[H-].[Na+]. The monoisotopic (exact) mass is 258 g/mol. The third-order valence-corrected chi connectivity index (χ3v) is 3.13. The number of hydrogen-bond acceptors (Lipinski definition) is 3. The summed E-state index contributed by atoms with van der Waals surface area (Å²) >= 11 is 0. The number of benzene rings is 1. The van der Waals surface area contributed by atoms with Crippen LogP contribution in [0.3, 0.4) is 0 Å². The van der Waals surface area contributed by atoms with Crippen LogP contribution in [0, 0.1) is 0 Å². The normalized spacial score (nSPS) is 16.2. The quantitative estimate of drug-likeness (QED) is 0.649. The van der Waals surface area contributed by atoms with Crippen LogP contribution in [0.15, 0.2) is 24.3 Å². The number of nitrogens with zero attached hydrogens (tertiary/aromatic N) is 2. The molecule has 0 unspecified atom stereocenters. The van der Waals surface area contributed by atoms with Crippen LogP contribution in [0.1, 0.15) is 6.99 Å². The fourth-order valence-corrected chi connectivity index (χ4v) is 2.10. The van der Waals surface area contributed by atoms with Crippen molar-refractivity contribution in [3.8, 4) is 0 Å². The van der Waals surface area contributed by atoms with Crippen molar-refractivity contribution < 1.29 is 40.9 Å². The van der Waals surface area contributed by atoms with Crippen molar-refractivity contribution in [3.63, 3.8) is 0 Å². The molecule has 1 fully saturated rings. The summed E-state index contributed by atoms with van der Waals surface area (Å²) in [4.78, 5) is 15.3. The zero-order chi connectivity index (χ0) is 12.3. The van der Waals surface area contributed by atoms with Crippen molar-refractivity contribution in [2.45, 2.75) is 6.42 Å². The molecule has 94 valence electrons. The smallest absolute Gasteiger partial charge is 1.00 e. The van der Waals surface area contributed by atoms with Gasteiger partial charge in [0.1, 0.15) is 0 Å². The Morgan fingerprint density at radius 1 is 1.33 bits per heavy atom. The molecule has 0 aliphatic carbocycles. The standard InChI is InChI=1S/C13H18N2O2.Na.H/c1-14-5-7-15(8-6-14)12-4-2-3-11(9-12)10-13(16)17;;/h2-4,9H,5-8,10H2,1H3,(H,16,17);;/q;+1;-1. The molecule has 1 aromatic rings. The van der Waals surface area contributed by atoms with Gasteiger partial charge in [0.2, 0.25) is 0 Å². The van der Waals surface area contributed by atoms with Gasteiger partial charge in [0.05, 0.1) is 6.42 Å². The molecule has 2 rings (SSSR count). The molecular formula is C13H19N2NaO2. The first-order valence-corrected chi connectivity index (χ1v) is 5.89. The number of piperazine rings is 1. The van der Waals surface area contributed by atoms with Crippen LogP contribution in [-0.4, -0.2) is 49.2 Å². The first-order valence-electron chi connectivity index (χ1n) is 5.89. The van der Waals surface area contributed by atoms with Gasteiger partial charge in [0.25, 0.3) is 0 Å². The molecule has 0 atom stereocenters. The van der Waals surface area contributed by atoms with Crippen molar-refractivity contribution in [1.29, 1.82) is 0 Å². The van der Waals surface area contributed by atoms with Crippen LogP contribution in [0.4, 0.5) is 5.69 Å². The van der Waals surface area contributed by atoms with E-state index in [0.29, 0.717) is 0 Å². The van der Waals surface area contributed by atoms with Gasteiger partial charge in [-0.25, -0.2) is 0 Å². The van der Waals surface area contributed by atoms with Crippen molar-refractivity contribution in [1.82, 2.24) is 4.90 Å². The minimum atomic E-state index is -0.777. The summed E-state index contributed by atoms with van der Waals surface area (Å²) in [6.07, 6.45) is 0.0988. The van der Waals surface area contributed by atoms with Crippen molar-refractivity contribution >= 4 is 11.7 Å². The number of likely N-dealkylation sites (N-methyl/N-ethyl adjacent to an activating group) is 1. The van der Waals surface area contributed by atoms with Gasteiger partial charge in [-0.3, -0.25) is 4.79 Å². The summed E-state index contributed by atoms with van der Waals surface area (Å²) in [7, 11) is 2.12. The molecule has 1 aliphatic heterocycles. The molecule has 0 aromatic heterocycles. The largest absolute Gasteiger partial charge is 1.00 e. The molecule has 0 spiro atoms. The van der Waals surface area contributed by atoms with Gasteiger partial charge in [-0.1, -0.05) is 12.1 Å². The predicted octanol–water partition coefficient (Wildman–Crippen LogP) is -1.82. The zero-order valence-electron chi connectivity index (χ0n) is 12.1. The van der Waals surface area contributed by atoms with Gasteiger partial charge in [-0.2, -0.15) is 0 Å². The average molecular weight is 258 g/mol. The molecule has 1 saturated heterocycles. The average Bonchev–Trinajstić information content (AvgIpc) is 2.29. The van der Waals surface area contributed by atoms with E-state index in [-0.39, 0.29) is 37.4 Å². The van der Waals surface area contributed by atoms with Crippen LogP contribution < -0.4 is 34.5 Å². The van der Waals surface area contributed by atoms with E-state index >= 15 is 0 Å². The molecular weight excluding hydrogens is 239 g/mol. The number of anilines is 1. The maximum Gasteiger partial charge on any atom is 1.00 e. The van der Waals surface area contributed by atoms with Crippen molar-refractivity contribution in [2.24, 2.45) is 0 Å². The summed E-state index contributed by atoms with van der Waals surface area (Å²) < 4.78 is 0. The van der Waals surface area contributed by atoms with Crippen molar-refractivity contribution in [3.05, 3.63) is 29.8 Å². The first-order chi connectivity index (χ1) is 8.15. The fraction of sp³-hybridized carbons (Fsp3) is 0.462. The Bertz CT molecular complexity index is 409. The molecule has 18 heavy (non-hydrogen) atoms. The fourth-order valence-electron chi connectivity index (χ4n) is 2.10. The van der Waals surface area contributed by atoms with E-state index in [2.05, 4.69) is 22.9 Å². The van der Waals surface area contributed by atoms with E-state index in [1.807, 2.05) is 18.2 Å². The summed E-state index contributed by atoms with van der Waals surface area (Å²) in [6, 6.07) is 7.84. The predicted molar refractivity (Wildman–Crippen MR) is 68.6 cm³/mol. The Morgan fingerprint density at radius 3 is 2.61 bits per heavy atom. The van der Waals surface area contributed by atoms with E-state index in [1.165, 1.54) is 0 Å². The van der Waals surface area contributed by atoms with Crippen molar-refractivity contribution in [2.75, 3.05) is 38.1 Å². The van der Waals surface area contributed by atoms with E-state index in [9.17, 15) is 4.79 Å². The Morgan fingerprint density at radius 2 is 2.00 bits per heavy atom. The van der Waals surface area contributed by atoms with Gasteiger partial charge >= 0.3 is 35.5 Å².